The van der Waals surface area contributed by atoms with Crippen LogP contribution in [0.25, 0.3) is 11.4 Å². The van der Waals surface area contributed by atoms with Crippen LogP contribution in [-0.2, 0) is 0 Å². The minimum Gasteiger partial charge on any atom is -0.496 e. The maximum absolute atomic E-state index is 5.92. The molecule has 3 N–H and O–H groups in total. The van der Waals surface area contributed by atoms with Crippen molar-refractivity contribution in [2.24, 2.45) is 5.73 Å². The molecule has 1 atom stereocenters. The van der Waals surface area contributed by atoms with Gasteiger partial charge in [0.25, 0.3) is 0 Å². The van der Waals surface area contributed by atoms with E-state index >= 15 is 0 Å². The average molecular weight is 289 g/mol. The van der Waals surface area contributed by atoms with Crippen LogP contribution in [0, 0.1) is 0 Å². The first-order valence-electron chi connectivity index (χ1n) is 6.87. The van der Waals surface area contributed by atoms with Crippen LogP contribution < -0.4 is 20.1 Å². The molecule has 1 fully saturated rings. The highest BCUT2D eigenvalue weighted by Crippen LogP contribution is 2.36. The number of H-pyrrole nitrogens is 1. The smallest absolute Gasteiger partial charge is 0.245 e. The lowest BCUT2D eigenvalue weighted by Crippen LogP contribution is -2.26. The van der Waals surface area contributed by atoms with Crippen LogP contribution in [0.15, 0.2) is 18.2 Å². The number of anilines is 1. The Kier molecular flexibility index (Phi) is 3.66. The van der Waals surface area contributed by atoms with Crippen molar-refractivity contribution in [3.8, 4) is 22.9 Å². The topological polar surface area (TPSA) is 89.3 Å². The van der Waals surface area contributed by atoms with Crippen molar-refractivity contribution in [2.75, 3.05) is 32.2 Å². The third kappa shape index (κ3) is 2.52. The van der Waals surface area contributed by atoms with Gasteiger partial charge in [-0.05, 0) is 18.6 Å². The van der Waals surface area contributed by atoms with Crippen LogP contribution in [0.2, 0.25) is 0 Å². The summed E-state index contributed by atoms with van der Waals surface area (Å²) in [6.45, 7) is 1.65. The first-order valence-corrected chi connectivity index (χ1v) is 6.87. The van der Waals surface area contributed by atoms with Crippen LogP contribution in [-0.4, -0.2) is 48.5 Å². The number of nitrogens with one attached hydrogen (secondary N) is 1. The summed E-state index contributed by atoms with van der Waals surface area (Å²) >= 11 is 0. The van der Waals surface area contributed by atoms with E-state index in [0.717, 1.165) is 25.1 Å². The van der Waals surface area contributed by atoms with Gasteiger partial charge >= 0.3 is 0 Å². The van der Waals surface area contributed by atoms with Gasteiger partial charge in [0.1, 0.15) is 17.1 Å². The van der Waals surface area contributed by atoms with E-state index in [1.807, 2.05) is 18.2 Å². The number of aromatic nitrogens is 3. The third-order valence-electron chi connectivity index (χ3n) is 3.65. The zero-order chi connectivity index (χ0) is 14.8. The predicted octanol–water partition coefficient (Wildman–Crippen LogP) is 1.03. The number of nitrogens with two attached hydrogens (primary N) is 1. The van der Waals surface area contributed by atoms with Crippen molar-refractivity contribution in [3.63, 3.8) is 0 Å². The van der Waals surface area contributed by atoms with Gasteiger partial charge in [0.05, 0.1) is 14.2 Å². The van der Waals surface area contributed by atoms with Crippen LogP contribution in [0.1, 0.15) is 6.42 Å². The molecule has 1 saturated heterocycles. The molecular formula is C14H19N5O2. The second kappa shape index (κ2) is 5.61. The highest BCUT2D eigenvalue weighted by atomic mass is 16.5. The summed E-state index contributed by atoms with van der Waals surface area (Å²) in [6, 6.07) is 5.79. The zero-order valence-corrected chi connectivity index (χ0v) is 12.2. The first-order chi connectivity index (χ1) is 10.2. The van der Waals surface area contributed by atoms with Crippen LogP contribution in [0.3, 0.4) is 0 Å². The van der Waals surface area contributed by atoms with Gasteiger partial charge in [-0.3, -0.25) is 5.10 Å². The molecule has 3 rings (SSSR count). The molecule has 2 heterocycles. The Balaban J connectivity index is 1.96. The molecule has 0 saturated carbocycles. The molecule has 1 aliphatic rings. The molecule has 1 aliphatic heterocycles. The van der Waals surface area contributed by atoms with E-state index in [4.69, 9.17) is 15.2 Å². The van der Waals surface area contributed by atoms with E-state index in [0.29, 0.717) is 23.3 Å². The third-order valence-corrected chi connectivity index (χ3v) is 3.65. The number of benzene rings is 1. The number of rotatable bonds is 4. The maximum Gasteiger partial charge on any atom is 0.245 e. The van der Waals surface area contributed by atoms with Gasteiger partial charge in [0, 0.05) is 19.1 Å². The molecule has 7 nitrogen and oxygen atoms in total. The summed E-state index contributed by atoms with van der Waals surface area (Å²) < 4.78 is 10.8. The molecule has 0 aliphatic carbocycles. The molecule has 112 valence electrons. The van der Waals surface area contributed by atoms with Gasteiger partial charge in [-0.2, -0.15) is 4.98 Å². The molecule has 0 amide bonds. The van der Waals surface area contributed by atoms with E-state index in [1.165, 1.54) is 0 Å². The molecule has 0 radical (unpaired) electrons. The Bertz CT molecular complexity index is 605. The van der Waals surface area contributed by atoms with E-state index in [1.54, 1.807) is 14.2 Å². The predicted molar refractivity (Wildman–Crippen MR) is 79.7 cm³/mol. The molecule has 2 aromatic rings. The summed E-state index contributed by atoms with van der Waals surface area (Å²) in [6.07, 6.45) is 0.960. The Labute approximate surface area is 123 Å². The fourth-order valence-electron chi connectivity index (χ4n) is 2.56. The van der Waals surface area contributed by atoms with Crippen LogP contribution >= 0.6 is 0 Å². The lowest BCUT2D eigenvalue weighted by atomic mass is 10.1. The lowest BCUT2D eigenvalue weighted by molar-refractivity contribution is 0.397. The fraction of sp³-hybridized carbons (Fsp3) is 0.429. The van der Waals surface area contributed by atoms with Gasteiger partial charge in [0.2, 0.25) is 5.95 Å². The first kappa shape index (κ1) is 13.7. The SMILES string of the molecule is COc1cccc(OC)c1-c1nc(N2CCC(N)C2)n[nH]1. The van der Waals surface area contributed by atoms with E-state index in [-0.39, 0.29) is 6.04 Å². The lowest BCUT2D eigenvalue weighted by Gasteiger charge is -2.12. The van der Waals surface area contributed by atoms with Crippen molar-refractivity contribution in [1.29, 1.82) is 0 Å². The van der Waals surface area contributed by atoms with Gasteiger partial charge in [-0.25, -0.2) is 0 Å². The molecule has 7 heteroatoms. The minimum atomic E-state index is 0.188. The Morgan fingerprint density at radius 2 is 2.00 bits per heavy atom. The number of methoxy groups -OCH3 is 2. The van der Waals surface area contributed by atoms with Crippen molar-refractivity contribution in [1.82, 2.24) is 15.2 Å². The molecule has 1 aromatic heterocycles. The van der Waals surface area contributed by atoms with Crippen molar-refractivity contribution in [3.05, 3.63) is 18.2 Å². The Morgan fingerprint density at radius 1 is 1.29 bits per heavy atom. The zero-order valence-electron chi connectivity index (χ0n) is 12.2. The summed E-state index contributed by atoms with van der Waals surface area (Å²) in [4.78, 5) is 6.63. The number of aromatic amines is 1. The van der Waals surface area contributed by atoms with E-state index in [9.17, 15) is 0 Å². The molecule has 0 bridgehead atoms. The summed E-state index contributed by atoms with van der Waals surface area (Å²) in [7, 11) is 3.24. The Morgan fingerprint density at radius 3 is 2.57 bits per heavy atom. The fourth-order valence-corrected chi connectivity index (χ4v) is 2.56. The molecule has 1 aromatic carbocycles. The van der Waals surface area contributed by atoms with Crippen molar-refractivity contribution >= 4 is 5.95 Å². The molecule has 21 heavy (non-hydrogen) atoms. The minimum absolute atomic E-state index is 0.188. The summed E-state index contributed by atoms with van der Waals surface area (Å²) in [5.41, 5.74) is 6.69. The van der Waals surface area contributed by atoms with Crippen molar-refractivity contribution < 1.29 is 9.47 Å². The maximum atomic E-state index is 5.92. The highest BCUT2D eigenvalue weighted by Gasteiger charge is 2.24. The number of hydrogen-bond acceptors (Lipinski definition) is 6. The van der Waals surface area contributed by atoms with Crippen molar-refractivity contribution in [2.45, 2.75) is 12.5 Å². The average Bonchev–Trinajstić information content (AvgIpc) is 3.14. The van der Waals surface area contributed by atoms with Crippen LogP contribution in [0.4, 0.5) is 5.95 Å². The Hall–Kier alpha value is -2.28. The van der Waals surface area contributed by atoms with Gasteiger partial charge in [-0.15, -0.1) is 5.10 Å². The standard InChI is InChI=1S/C14H19N5O2/c1-20-10-4-3-5-11(21-2)12(10)13-16-14(18-17-13)19-7-6-9(15)8-19/h3-5,9H,6-8,15H2,1-2H3,(H,16,17,18). The number of ether oxygens (including phenoxy) is 2. The quantitative estimate of drug-likeness (QED) is 0.873. The molecule has 0 spiro atoms. The molecular weight excluding hydrogens is 270 g/mol. The van der Waals surface area contributed by atoms with E-state index < -0.39 is 0 Å². The van der Waals surface area contributed by atoms with Gasteiger partial charge in [-0.1, -0.05) is 6.07 Å². The summed E-state index contributed by atoms with van der Waals surface area (Å²) in [5.74, 6) is 2.66. The monoisotopic (exact) mass is 289 g/mol. The normalized spacial score (nSPS) is 18.0. The second-order valence-corrected chi connectivity index (χ2v) is 5.02. The summed E-state index contributed by atoms with van der Waals surface area (Å²) in [5, 5.41) is 7.24. The number of hydrogen-bond donors (Lipinski definition) is 2. The molecule has 1 unspecified atom stereocenters. The highest BCUT2D eigenvalue weighted by molar-refractivity contribution is 5.72. The van der Waals surface area contributed by atoms with Crippen LogP contribution in [0.5, 0.6) is 11.5 Å². The second-order valence-electron chi connectivity index (χ2n) is 5.02. The number of nitrogens with zero attached hydrogens (tertiary/aromatic N) is 3. The van der Waals surface area contributed by atoms with Gasteiger partial charge < -0.3 is 20.1 Å². The largest absolute Gasteiger partial charge is 0.496 e. The van der Waals surface area contributed by atoms with Gasteiger partial charge in [0.15, 0.2) is 5.82 Å². The van der Waals surface area contributed by atoms with E-state index in [2.05, 4.69) is 20.1 Å².